The van der Waals surface area contributed by atoms with Crippen LogP contribution in [-0.2, 0) is 0 Å². The van der Waals surface area contributed by atoms with Gasteiger partial charge in [-0.05, 0) is 30.3 Å². The molecule has 3 rings (SSSR count). The van der Waals surface area contributed by atoms with Crippen molar-refractivity contribution in [2.75, 3.05) is 12.4 Å². The van der Waals surface area contributed by atoms with Gasteiger partial charge in [0.25, 0.3) is 11.8 Å². The Kier molecular flexibility index (Phi) is 4.85. The number of aromatic nitrogens is 1. The van der Waals surface area contributed by atoms with Crippen LogP contribution in [0.3, 0.4) is 0 Å². The van der Waals surface area contributed by atoms with E-state index in [2.05, 4.69) is 15.6 Å². The number of thiophene rings is 1. The van der Waals surface area contributed by atoms with Crippen LogP contribution in [0, 0.1) is 5.82 Å². The van der Waals surface area contributed by atoms with Gasteiger partial charge in [0.2, 0.25) is 0 Å². The second-order valence-corrected chi connectivity index (χ2v) is 6.17. The monoisotopic (exact) mass is 355 g/mol. The lowest BCUT2D eigenvalue weighted by Gasteiger charge is -2.05. The van der Waals surface area contributed by atoms with Gasteiger partial charge in [-0.2, -0.15) is 0 Å². The lowest BCUT2D eigenvalue weighted by atomic mass is 10.2. The highest BCUT2D eigenvalue weighted by molar-refractivity contribution is 7.17. The van der Waals surface area contributed by atoms with Gasteiger partial charge in [-0.1, -0.05) is 24.3 Å². The standard InChI is InChI=1S/C18H14FN3O2S/c1-20-17(23)13-7-4-8-16(21-13)22-18(24)15-10-9-14(25-15)11-5-2-3-6-12(11)19/h2-10H,1H3,(H,20,23)(H,21,22,24). The first kappa shape index (κ1) is 16.8. The summed E-state index contributed by atoms with van der Waals surface area (Å²) in [5.41, 5.74) is 0.657. The minimum Gasteiger partial charge on any atom is -0.354 e. The van der Waals surface area contributed by atoms with Crippen molar-refractivity contribution in [1.82, 2.24) is 10.3 Å². The fraction of sp³-hybridized carbons (Fsp3) is 0.0556. The van der Waals surface area contributed by atoms with Crippen LogP contribution in [-0.4, -0.2) is 23.8 Å². The van der Waals surface area contributed by atoms with Gasteiger partial charge in [-0.3, -0.25) is 9.59 Å². The van der Waals surface area contributed by atoms with Crippen molar-refractivity contribution < 1.29 is 14.0 Å². The number of hydrogen-bond donors (Lipinski definition) is 2. The van der Waals surface area contributed by atoms with Crippen LogP contribution in [0.25, 0.3) is 10.4 Å². The first-order chi connectivity index (χ1) is 12.1. The summed E-state index contributed by atoms with van der Waals surface area (Å²) in [6.45, 7) is 0. The summed E-state index contributed by atoms with van der Waals surface area (Å²) in [4.78, 5) is 29.1. The molecule has 5 nitrogen and oxygen atoms in total. The minimum atomic E-state index is -0.367. The van der Waals surface area contributed by atoms with Crippen molar-refractivity contribution in [3.63, 3.8) is 0 Å². The van der Waals surface area contributed by atoms with Gasteiger partial charge in [0.1, 0.15) is 17.3 Å². The lowest BCUT2D eigenvalue weighted by Crippen LogP contribution is -2.20. The van der Waals surface area contributed by atoms with Gasteiger partial charge in [0.15, 0.2) is 0 Å². The zero-order valence-electron chi connectivity index (χ0n) is 13.2. The van der Waals surface area contributed by atoms with Gasteiger partial charge in [0, 0.05) is 17.5 Å². The van der Waals surface area contributed by atoms with Gasteiger partial charge in [-0.15, -0.1) is 11.3 Å². The largest absolute Gasteiger partial charge is 0.354 e. The molecule has 0 aliphatic heterocycles. The summed E-state index contributed by atoms with van der Waals surface area (Å²) in [7, 11) is 1.51. The molecule has 2 N–H and O–H groups in total. The van der Waals surface area contributed by atoms with E-state index >= 15 is 0 Å². The summed E-state index contributed by atoms with van der Waals surface area (Å²) in [6, 6.07) is 14.5. The molecule has 3 aromatic rings. The van der Waals surface area contributed by atoms with E-state index in [1.807, 2.05) is 0 Å². The zero-order valence-corrected chi connectivity index (χ0v) is 14.1. The Balaban J connectivity index is 1.79. The highest BCUT2D eigenvalue weighted by Crippen LogP contribution is 2.30. The predicted octanol–water partition coefficient (Wildman–Crippen LogP) is 3.56. The van der Waals surface area contributed by atoms with E-state index in [1.54, 1.807) is 48.5 Å². The fourth-order valence-electron chi connectivity index (χ4n) is 2.20. The van der Waals surface area contributed by atoms with E-state index in [0.29, 0.717) is 15.3 Å². The number of benzene rings is 1. The second kappa shape index (κ2) is 7.23. The molecule has 2 aromatic heterocycles. The number of amides is 2. The Hall–Kier alpha value is -3.06. The predicted molar refractivity (Wildman–Crippen MR) is 95.3 cm³/mol. The minimum absolute atomic E-state index is 0.207. The van der Waals surface area contributed by atoms with Crippen molar-refractivity contribution in [3.8, 4) is 10.4 Å². The molecule has 0 radical (unpaired) electrons. The molecular weight excluding hydrogens is 341 g/mol. The maximum Gasteiger partial charge on any atom is 0.269 e. The van der Waals surface area contributed by atoms with E-state index in [-0.39, 0.29) is 29.1 Å². The topological polar surface area (TPSA) is 71.1 Å². The molecule has 0 atom stereocenters. The molecule has 0 saturated heterocycles. The average Bonchev–Trinajstić information content (AvgIpc) is 3.11. The molecular formula is C18H14FN3O2S. The van der Waals surface area contributed by atoms with Crippen LogP contribution < -0.4 is 10.6 Å². The van der Waals surface area contributed by atoms with Gasteiger partial charge < -0.3 is 10.6 Å². The van der Waals surface area contributed by atoms with E-state index in [4.69, 9.17) is 0 Å². The van der Waals surface area contributed by atoms with Crippen LogP contribution in [0.5, 0.6) is 0 Å². The Labute approximate surface area is 147 Å². The van der Waals surface area contributed by atoms with Crippen molar-refractivity contribution in [1.29, 1.82) is 0 Å². The SMILES string of the molecule is CNC(=O)c1cccc(NC(=O)c2ccc(-c3ccccc3F)s2)n1. The normalized spacial score (nSPS) is 10.3. The number of rotatable bonds is 4. The summed E-state index contributed by atoms with van der Waals surface area (Å²) in [6.07, 6.45) is 0. The molecule has 2 amide bonds. The smallest absolute Gasteiger partial charge is 0.269 e. The fourth-order valence-corrected chi connectivity index (χ4v) is 3.13. The Morgan fingerprint density at radius 1 is 1.00 bits per heavy atom. The van der Waals surface area contributed by atoms with E-state index in [0.717, 1.165) is 0 Å². The number of hydrogen-bond acceptors (Lipinski definition) is 4. The van der Waals surface area contributed by atoms with Crippen molar-refractivity contribution in [2.45, 2.75) is 0 Å². The summed E-state index contributed by atoms with van der Waals surface area (Å²) >= 11 is 1.18. The van der Waals surface area contributed by atoms with Gasteiger partial charge in [0.05, 0.1) is 4.88 Å². The molecule has 0 aliphatic carbocycles. The maximum atomic E-state index is 13.8. The second-order valence-electron chi connectivity index (χ2n) is 5.09. The first-order valence-corrected chi connectivity index (χ1v) is 8.25. The lowest BCUT2D eigenvalue weighted by molar-refractivity contribution is 0.0956. The van der Waals surface area contributed by atoms with Crippen LogP contribution in [0.2, 0.25) is 0 Å². The number of carbonyl (C=O) groups is 2. The number of nitrogens with one attached hydrogen (secondary N) is 2. The number of carbonyl (C=O) groups excluding carboxylic acids is 2. The third kappa shape index (κ3) is 3.72. The zero-order chi connectivity index (χ0) is 17.8. The number of halogens is 1. The van der Waals surface area contributed by atoms with Crippen LogP contribution in [0.15, 0.2) is 54.6 Å². The molecule has 25 heavy (non-hydrogen) atoms. The number of nitrogens with zero attached hydrogens (tertiary/aromatic N) is 1. The molecule has 2 heterocycles. The summed E-state index contributed by atoms with van der Waals surface area (Å²) < 4.78 is 13.8. The summed E-state index contributed by atoms with van der Waals surface area (Å²) in [5.74, 6) is -0.772. The molecule has 126 valence electrons. The third-order valence-corrected chi connectivity index (χ3v) is 4.54. The van der Waals surface area contributed by atoms with Crippen LogP contribution >= 0.6 is 11.3 Å². The van der Waals surface area contributed by atoms with Crippen LogP contribution in [0.4, 0.5) is 10.2 Å². The number of pyridine rings is 1. The molecule has 0 aliphatic rings. The van der Waals surface area contributed by atoms with Gasteiger partial charge in [-0.25, -0.2) is 9.37 Å². The molecule has 7 heteroatoms. The highest BCUT2D eigenvalue weighted by atomic mass is 32.1. The molecule has 0 unspecified atom stereocenters. The Bertz CT molecular complexity index is 939. The Morgan fingerprint density at radius 3 is 2.56 bits per heavy atom. The van der Waals surface area contributed by atoms with E-state index < -0.39 is 0 Å². The molecule has 0 bridgehead atoms. The third-order valence-electron chi connectivity index (χ3n) is 3.42. The van der Waals surface area contributed by atoms with Crippen LogP contribution in [0.1, 0.15) is 20.2 Å². The first-order valence-electron chi connectivity index (χ1n) is 7.43. The maximum absolute atomic E-state index is 13.8. The highest BCUT2D eigenvalue weighted by Gasteiger charge is 2.14. The quantitative estimate of drug-likeness (QED) is 0.752. The molecule has 0 saturated carbocycles. The van der Waals surface area contributed by atoms with Gasteiger partial charge >= 0.3 is 0 Å². The molecule has 0 spiro atoms. The van der Waals surface area contributed by atoms with E-state index in [9.17, 15) is 14.0 Å². The summed E-state index contributed by atoms with van der Waals surface area (Å²) in [5, 5.41) is 5.12. The van der Waals surface area contributed by atoms with E-state index in [1.165, 1.54) is 24.5 Å². The average molecular weight is 355 g/mol. The molecule has 1 aromatic carbocycles. The molecule has 0 fully saturated rings. The van der Waals surface area contributed by atoms with Crippen molar-refractivity contribution in [2.24, 2.45) is 0 Å². The van der Waals surface area contributed by atoms with Crippen molar-refractivity contribution in [3.05, 3.63) is 71.0 Å². The Morgan fingerprint density at radius 2 is 1.80 bits per heavy atom. The number of anilines is 1. The van der Waals surface area contributed by atoms with Crippen molar-refractivity contribution >= 4 is 29.0 Å².